The molecule has 3 amide bonds. The summed E-state index contributed by atoms with van der Waals surface area (Å²) in [7, 11) is 0. The number of nitrogens with zero attached hydrogens (tertiary/aromatic N) is 4. The predicted molar refractivity (Wildman–Crippen MR) is 157 cm³/mol. The smallest absolute Gasteiger partial charge is 0.249 e. The van der Waals surface area contributed by atoms with Crippen LogP contribution >= 0.6 is 0 Å². The predicted octanol–water partition coefficient (Wildman–Crippen LogP) is 5.03. The number of amides is 3. The second-order valence-corrected chi connectivity index (χ2v) is 10.5. The summed E-state index contributed by atoms with van der Waals surface area (Å²) in [5, 5.41) is 14.3. The molecule has 9 nitrogen and oxygen atoms in total. The van der Waals surface area contributed by atoms with Gasteiger partial charge in [0, 0.05) is 23.8 Å². The molecule has 0 saturated carbocycles. The van der Waals surface area contributed by atoms with Gasteiger partial charge in [-0.3, -0.25) is 19.3 Å². The lowest BCUT2D eigenvalue weighted by atomic mass is 9.97. The van der Waals surface area contributed by atoms with E-state index in [-0.39, 0.29) is 24.3 Å². The number of benzene rings is 3. The maximum Gasteiger partial charge on any atom is 0.249 e. The maximum atomic E-state index is 14.2. The van der Waals surface area contributed by atoms with E-state index < -0.39 is 11.6 Å². The molecule has 1 atom stereocenters. The molecule has 1 aromatic heterocycles. The number of para-hydroxylation sites is 1. The second-order valence-electron chi connectivity index (χ2n) is 10.5. The van der Waals surface area contributed by atoms with Gasteiger partial charge in [-0.05, 0) is 74.2 Å². The van der Waals surface area contributed by atoms with Gasteiger partial charge in [-0.25, -0.2) is 4.68 Å². The monoisotopic (exact) mass is 540 g/mol. The molecule has 4 aromatic rings. The van der Waals surface area contributed by atoms with E-state index in [9.17, 15) is 14.4 Å². The third-order valence-electron chi connectivity index (χ3n) is 7.00. The Labute approximate surface area is 234 Å². The molecular formula is C31H36N6O3. The Kier molecular flexibility index (Phi) is 8.62. The van der Waals surface area contributed by atoms with Crippen molar-refractivity contribution in [1.82, 2.24) is 20.3 Å². The van der Waals surface area contributed by atoms with Crippen LogP contribution in [0, 0.1) is 0 Å². The van der Waals surface area contributed by atoms with E-state index in [1.54, 1.807) is 28.9 Å². The van der Waals surface area contributed by atoms with E-state index in [1.807, 2.05) is 69.3 Å². The largest absolute Gasteiger partial charge is 0.349 e. The molecule has 0 unspecified atom stereocenters. The Morgan fingerprint density at radius 3 is 2.25 bits per heavy atom. The van der Waals surface area contributed by atoms with Crippen molar-refractivity contribution in [1.29, 1.82) is 0 Å². The van der Waals surface area contributed by atoms with Gasteiger partial charge in [0.1, 0.15) is 18.1 Å². The molecular weight excluding hydrogens is 504 g/mol. The highest BCUT2D eigenvalue weighted by Crippen LogP contribution is 2.31. The number of carbonyl (C=O) groups is 3. The van der Waals surface area contributed by atoms with Gasteiger partial charge < -0.3 is 10.6 Å². The van der Waals surface area contributed by atoms with Gasteiger partial charge >= 0.3 is 0 Å². The third kappa shape index (κ3) is 6.54. The summed E-state index contributed by atoms with van der Waals surface area (Å²) in [5.74, 6) is -0.829. The fourth-order valence-electron chi connectivity index (χ4n) is 4.43. The van der Waals surface area contributed by atoms with Gasteiger partial charge in [-0.2, -0.15) is 0 Å². The van der Waals surface area contributed by atoms with Gasteiger partial charge in [0.25, 0.3) is 0 Å². The molecule has 208 valence electrons. The van der Waals surface area contributed by atoms with Crippen LogP contribution in [0.1, 0.15) is 58.2 Å². The van der Waals surface area contributed by atoms with Crippen molar-refractivity contribution in [3.63, 3.8) is 0 Å². The topological polar surface area (TPSA) is 109 Å². The molecule has 4 rings (SSSR count). The van der Waals surface area contributed by atoms with Crippen molar-refractivity contribution in [3.8, 4) is 0 Å². The van der Waals surface area contributed by atoms with Crippen molar-refractivity contribution < 1.29 is 14.4 Å². The Bertz CT molecular complexity index is 1490. The lowest BCUT2D eigenvalue weighted by Crippen LogP contribution is -2.51. The Morgan fingerprint density at radius 2 is 1.62 bits per heavy atom. The van der Waals surface area contributed by atoms with Gasteiger partial charge in [0.05, 0.1) is 5.52 Å². The van der Waals surface area contributed by atoms with Gasteiger partial charge in [0.15, 0.2) is 0 Å². The number of rotatable bonds is 10. The lowest BCUT2D eigenvalue weighted by Gasteiger charge is -2.34. The van der Waals surface area contributed by atoms with Crippen LogP contribution < -0.4 is 15.5 Å². The Balaban J connectivity index is 1.82. The number of fused-ring (bicyclic) bond motifs is 1. The van der Waals surface area contributed by atoms with Crippen molar-refractivity contribution in [3.05, 3.63) is 83.9 Å². The zero-order chi connectivity index (χ0) is 28.9. The molecule has 0 saturated heterocycles. The highest BCUT2D eigenvalue weighted by atomic mass is 16.2. The first-order valence-corrected chi connectivity index (χ1v) is 13.5. The second kappa shape index (κ2) is 12.1. The van der Waals surface area contributed by atoms with Crippen LogP contribution in [0.2, 0.25) is 0 Å². The molecule has 0 aliphatic rings. The highest BCUT2D eigenvalue weighted by molar-refractivity contribution is 6.02. The van der Waals surface area contributed by atoms with E-state index in [4.69, 9.17) is 0 Å². The number of aromatic nitrogens is 3. The molecule has 0 radical (unpaired) electrons. The zero-order valence-corrected chi connectivity index (χ0v) is 23.6. The first-order valence-electron chi connectivity index (χ1n) is 13.5. The summed E-state index contributed by atoms with van der Waals surface area (Å²) in [5.41, 5.74) is 3.83. The summed E-state index contributed by atoms with van der Waals surface area (Å²) >= 11 is 0. The number of anilines is 2. The van der Waals surface area contributed by atoms with Crippen LogP contribution in [-0.2, 0) is 27.3 Å². The minimum Gasteiger partial charge on any atom is -0.349 e. The first-order chi connectivity index (χ1) is 19.1. The highest BCUT2D eigenvalue weighted by Gasteiger charge is 2.35. The molecule has 3 aromatic carbocycles. The van der Waals surface area contributed by atoms with Crippen molar-refractivity contribution in [2.75, 3.05) is 10.2 Å². The van der Waals surface area contributed by atoms with Crippen LogP contribution in [0.5, 0.6) is 0 Å². The van der Waals surface area contributed by atoms with Gasteiger partial charge in [0.2, 0.25) is 17.7 Å². The molecule has 40 heavy (non-hydrogen) atoms. The van der Waals surface area contributed by atoms with Crippen LogP contribution in [0.15, 0.2) is 72.8 Å². The molecule has 2 N–H and O–H groups in total. The van der Waals surface area contributed by atoms with Gasteiger partial charge in [-0.15, -0.1) is 5.10 Å². The van der Waals surface area contributed by atoms with Crippen LogP contribution in [0.3, 0.4) is 0 Å². The Hall–Kier alpha value is -4.53. The number of aryl methyl sites for hydroxylation is 1. The third-order valence-corrected chi connectivity index (χ3v) is 7.00. The number of carbonyl (C=O) groups excluding carboxylic acids is 3. The van der Waals surface area contributed by atoms with Crippen LogP contribution in [-0.4, -0.2) is 38.3 Å². The molecule has 9 heteroatoms. The molecule has 0 aliphatic carbocycles. The average molecular weight is 541 g/mol. The van der Waals surface area contributed by atoms with Crippen molar-refractivity contribution in [2.24, 2.45) is 0 Å². The maximum absolute atomic E-state index is 14.2. The number of hydrogen-bond donors (Lipinski definition) is 2. The van der Waals surface area contributed by atoms with Crippen LogP contribution in [0.4, 0.5) is 11.4 Å². The SMILES string of the molecule is CCc1ccc([C@H](C(=O)NC(C)(C)CC)N(C(=O)Cn2nnc3ccccc32)c2ccc(NC(C)=O)cc2)cc1. The lowest BCUT2D eigenvalue weighted by molar-refractivity contribution is -0.128. The van der Waals surface area contributed by atoms with Crippen molar-refractivity contribution >= 4 is 40.1 Å². The summed E-state index contributed by atoms with van der Waals surface area (Å²) in [6.45, 7) is 9.29. The number of hydrogen-bond acceptors (Lipinski definition) is 5. The molecule has 0 fully saturated rings. The zero-order valence-electron chi connectivity index (χ0n) is 23.6. The quantitative estimate of drug-likeness (QED) is 0.293. The molecule has 0 spiro atoms. The fourth-order valence-corrected chi connectivity index (χ4v) is 4.43. The normalized spacial score (nSPS) is 12.1. The Morgan fingerprint density at radius 1 is 0.950 bits per heavy atom. The summed E-state index contributed by atoms with van der Waals surface area (Å²) < 4.78 is 1.54. The van der Waals surface area contributed by atoms with E-state index in [2.05, 4.69) is 27.9 Å². The van der Waals surface area contributed by atoms with Gasteiger partial charge in [-0.1, -0.05) is 55.5 Å². The average Bonchev–Trinajstić information content (AvgIpc) is 3.34. The van der Waals surface area contributed by atoms with E-state index in [1.165, 1.54) is 11.8 Å². The minimum absolute atomic E-state index is 0.123. The number of nitrogens with one attached hydrogen (secondary N) is 2. The molecule has 0 bridgehead atoms. The molecule has 1 heterocycles. The van der Waals surface area contributed by atoms with E-state index in [0.29, 0.717) is 28.9 Å². The summed E-state index contributed by atoms with van der Waals surface area (Å²) in [6, 6.07) is 21.1. The van der Waals surface area contributed by atoms with E-state index in [0.717, 1.165) is 17.5 Å². The summed E-state index contributed by atoms with van der Waals surface area (Å²) in [4.78, 5) is 41.3. The fraction of sp³-hybridized carbons (Fsp3) is 0.323. The van der Waals surface area contributed by atoms with E-state index >= 15 is 0 Å². The summed E-state index contributed by atoms with van der Waals surface area (Å²) in [6.07, 6.45) is 1.57. The van der Waals surface area contributed by atoms with Crippen molar-refractivity contribution in [2.45, 2.75) is 65.6 Å². The molecule has 0 aliphatic heterocycles. The standard InChI is InChI=1S/C31H36N6O3/c1-6-22-12-14-23(15-13-22)29(30(40)33-31(4,5)7-2)37(25-18-16-24(17-19-25)32-21(3)38)28(39)20-36-27-11-9-8-10-26(27)34-35-36/h8-19,29H,6-7,20H2,1-5H3,(H,32,38)(H,33,40)/t29-/m1/s1. The first kappa shape index (κ1) is 28.5. The van der Waals surface area contributed by atoms with Crippen LogP contribution in [0.25, 0.3) is 11.0 Å². The minimum atomic E-state index is -0.953.